The minimum atomic E-state index is -0.717. The van der Waals surface area contributed by atoms with Crippen LogP contribution in [-0.4, -0.2) is 28.8 Å². The summed E-state index contributed by atoms with van der Waals surface area (Å²) in [7, 11) is 0. The molecule has 0 radical (unpaired) electrons. The second kappa shape index (κ2) is 7.50. The molecule has 2 N–H and O–H groups in total. The predicted molar refractivity (Wildman–Crippen MR) is 76.6 cm³/mol. The molecule has 1 aliphatic rings. The molecule has 1 saturated carbocycles. The lowest BCUT2D eigenvalue weighted by Gasteiger charge is -2.30. The summed E-state index contributed by atoms with van der Waals surface area (Å²) < 4.78 is 5.24. The van der Waals surface area contributed by atoms with Crippen molar-refractivity contribution in [1.82, 2.24) is 5.32 Å². The molecule has 0 unspecified atom stereocenters. The van der Waals surface area contributed by atoms with Gasteiger partial charge < -0.3 is 15.2 Å². The highest BCUT2D eigenvalue weighted by atomic mass is 16.6. The number of ether oxygens (including phenoxy) is 1. The Labute approximate surface area is 121 Å². The summed E-state index contributed by atoms with van der Waals surface area (Å²) >= 11 is 0. The SMILES string of the molecule is CC(C)(C)OC(=O)NC1CCC(CCCC(=O)O)CC1. The minimum Gasteiger partial charge on any atom is -0.481 e. The topological polar surface area (TPSA) is 75.6 Å². The maximum absolute atomic E-state index is 11.7. The Morgan fingerprint density at radius 3 is 2.30 bits per heavy atom. The van der Waals surface area contributed by atoms with Crippen LogP contribution in [0.3, 0.4) is 0 Å². The molecule has 0 aromatic rings. The van der Waals surface area contributed by atoms with Crippen molar-refractivity contribution in [3.63, 3.8) is 0 Å². The zero-order valence-electron chi connectivity index (χ0n) is 12.8. The fourth-order valence-corrected chi connectivity index (χ4v) is 2.61. The van der Waals surface area contributed by atoms with E-state index in [1.165, 1.54) is 0 Å². The van der Waals surface area contributed by atoms with Gasteiger partial charge in [0.25, 0.3) is 0 Å². The van der Waals surface area contributed by atoms with Crippen molar-refractivity contribution in [1.29, 1.82) is 0 Å². The smallest absolute Gasteiger partial charge is 0.407 e. The second-order valence-corrected chi connectivity index (χ2v) is 6.65. The second-order valence-electron chi connectivity index (χ2n) is 6.65. The molecule has 1 aliphatic carbocycles. The van der Waals surface area contributed by atoms with Crippen LogP contribution in [0.5, 0.6) is 0 Å². The molecule has 0 aliphatic heterocycles. The third kappa shape index (κ3) is 7.36. The number of carbonyl (C=O) groups is 2. The van der Waals surface area contributed by atoms with Crippen LogP contribution in [0.4, 0.5) is 4.79 Å². The molecule has 0 aromatic carbocycles. The van der Waals surface area contributed by atoms with Crippen molar-refractivity contribution < 1.29 is 19.4 Å². The van der Waals surface area contributed by atoms with Gasteiger partial charge in [-0.25, -0.2) is 4.79 Å². The van der Waals surface area contributed by atoms with E-state index in [0.29, 0.717) is 5.92 Å². The Morgan fingerprint density at radius 2 is 1.80 bits per heavy atom. The number of hydrogen-bond donors (Lipinski definition) is 2. The third-order valence-corrected chi connectivity index (χ3v) is 3.57. The molecular formula is C15H27NO4. The van der Waals surface area contributed by atoms with E-state index < -0.39 is 11.6 Å². The first-order valence-corrected chi connectivity index (χ1v) is 7.47. The zero-order chi connectivity index (χ0) is 15.2. The van der Waals surface area contributed by atoms with Crippen LogP contribution < -0.4 is 5.32 Å². The molecule has 0 aromatic heterocycles. The number of amides is 1. The highest BCUT2D eigenvalue weighted by molar-refractivity contribution is 5.68. The molecule has 5 heteroatoms. The van der Waals surface area contributed by atoms with E-state index in [4.69, 9.17) is 9.84 Å². The van der Waals surface area contributed by atoms with Crippen LogP contribution in [0.25, 0.3) is 0 Å². The van der Waals surface area contributed by atoms with Gasteiger partial charge in [0.2, 0.25) is 0 Å². The average Bonchev–Trinajstić information content (AvgIpc) is 2.28. The monoisotopic (exact) mass is 285 g/mol. The van der Waals surface area contributed by atoms with Gasteiger partial charge in [0.1, 0.15) is 5.60 Å². The number of nitrogens with one attached hydrogen (secondary N) is 1. The zero-order valence-corrected chi connectivity index (χ0v) is 12.8. The van der Waals surface area contributed by atoms with Crippen molar-refractivity contribution in [2.45, 2.75) is 77.4 Å². The largest absolute Gasteiger partial charge is 0.481 e. The number of alkyl carbamates (subject to hydrolysis) is 1. The van der Waals surface area contributed by atoms with E-state index in [1.54, 1.807) is 0 Å². The predicted octanol–water partition coefficient (Wildman–Crippen LogP) is 3.32. The molecule has 0 atom stereocenters. The average molecular weight is 285 g/mol. The Kier molecular flexibility index (Phi) is 6.30. The van der Waals surface area contributed by atoms with Gasteiger partial charge in [-0.05, 0) is 65.2 Å². The maximum atomic E-state index is 11.7. The number of rotatable bonds is 5. The van der Waals surface area contributed by atoms with Gasteiger partial charge in [0, 0.05) is 12.5 Å². The van der Waals surface area contributed by atoms with E-state index in [2.05, 4.69) is 5.32 Å². The van der Waals surface area contributed by atoms with E-state index in [9.17, 15) is 9.59 Å². The molecule has 5 nitrogen and oxygen atoms in total. The van der Waals surface area contributed by atoms with E-state index in [1.807, 2.05) is 20.8 Å². The molecule has 20 heavy (non-hydrogen) atoms. The van der Waals surface area contributed by atoms with Crippen molar-refractivity contribution in [3.05, 3.63) is 0 Å². The number of hydrogen-bond acceptors (Lipinski definition) is 3. The highest BCUT2D eigenvalue weighted by Crippen LogP contribution is 2.28. The van der Waals surface area contributed by atoms with Crippen LogP contribution in [-0.2, 0) is 9.53 Å². The van der Waals surface area contributed by atoms with Gasteiger partial charge in [-0.15, -0.1) is 0 Å². The van der Waals surface area contributed by atoms with Crippen molar-refractivity contribution in [2.24, 2.45) is 5.92 Å². The molecule has 1 fully saturated rings. The summed E-state index contributed by atoms with van der Waals surface area (Å²) in [6.45, 7) is 5.56. The summed E-state index contributed by atoms with van der Waals surface area (Å²) in [6.07, 6.45) is 5.67. The first-order valence-electron chi connectivity index (χ1n) is 7.47. The third-order valence-electron chi connectivity index (χ3n) is 3.57. The molecular weight excluding hydrogens is 258 g/mol. The van der Waals surface area contributed by atoms with Gasteiger partial charge in [-0.2, -0.15) is 0 Å². The molecule has 0 spiro atoms. The summed E-state index contributed by atoms with van der Waals surface area (Å²) in [5.74, 6) is -0.115. The Bertz CT molecular complexity index is 327. The lowest BCUT2D eigenvalue weighted by Crippen LogP contribution is -2.40. The van der Waals surface area contributed by atoms with Gasteiger partial charge in [0.05, 0.1) is 0 Å². The summed E-state index contributed by atoms with van der Waals surface area (Å²) in [6, 6.07) is 0.195. The van der Waals surface area contributed by atoms with Crippen molar-refractivity contribution in [2.75, 3.05) is 0 Å². The van der Waals surface area contributed by atoms with Crippen LogP contribution in [0.1, 0.15) is 65.7 Å². The number of carboxylic acid groups (broad SMARTS) is 1. The van der Waals surface area contributed by atoms with Crippen LogP contribution >= 0.6 is 0 Å². The van der Waals surface area contributed by atoms with E-state index in [-0.39, 0.29) is 18.6 Å². The lowest BCUT2D eigenvalue weighted by atomic mass is 9.83. The Morgan fingerprint density at radius 1 is 1.20 bits per heavy atom. The number of carbonyl (C=O) groups excluding carboxylic acids is 1. The van der Waals surface area contributed by atoms with Gasteiger partial charge in [-0.3, -0.25) is 4.79 Å². The first-order chi connectivity index (χ1) is 9.26. The Balaban J connectivity index is 2.18. The minimum absolute atomic E-state index is 0.195. The molecule has 116 valence electrons. The lowest BCUT2D eigenvalue weighted by molar-refractivity contribution is -0.137. The Hall–Kier alpha value is -1.26. The van der Waals surface area contributed by atoms with Gasteiger partial charge in [-0.1, -0.05) is 0 Å². The summed E-state index contributed by atoms with van der Waals surface area (Å²) in [5.41, 5.74) is -0.460. The van der Waals surface area contributed by atoms with Gasteiger partial charge >= 0.3 is 12.1 Å². The quantitative estimate of drug-likeness (QED) is 0.812. The van der Waals surface area contributed by atoms with E-state index in [0.717, 1.165) is 38.5 Å². The number of carboxylic acids is 1. The summed E-state index contributed by atoms with van der Waals surface area (Å²) in [4.78, 5) is 22.1. The molecule has 0 saturated heterocycles. The number of aliphatic carboxylic acids is 1. The van der Waals surface area contributed by atoms with Gasteiger partial charge in [0.15, 0.2) is 0 Å². The molecule has 0 bridgehead atoms. The van der Waals surface area contributed by atoms with Crippen molar-refractivity contribution in [3.8, 4) is 0 Å². The van der Waals surface area contributed by atoms with Crippen molar-refractivity contribution >= 4 is 12.1 Å². The fourth-order valence-electron chi connectivity index (χ4n) is 2.61. The standard InChI is InChI=1S/C15H27NO4/c1-15(2,3)20-14(19)16-12-9-7-11(8-10-12)5-4-6-13(17)18/h11-12H,4-10H2,1-3H3,(H,16,19)(H,17,18). The van der Waals surface area contributed by atoms with Crippen LogP contribution in [0.2, 0.25) is 0 Å². The molecule has 1 rings (SSSR count). The molecule has 0 heterocycles. The highest BCUT2D eigenvalue weighted by Gasteiger charge is 2.24. The first kappa shape index (κ1) is 16.8. The summed E-state index contributed by atoms with van der Waals surface area (Å²) in [5, 5.41) is 11.5. The van der Waals surface area contributed by atoms with Crippen LogP contribution in [0, 0.1) is 5.92 Å². The van der Waals surface area contributed by atoms with E-state index >= 15 is 0 Å². The van der Waals surface area contributed by atoms with Crippen LogP contribution in [0.15, 0.2) is 0 Å². The fraction of sp³-hybridized carbons (Fsp3) is 0.867. The maximum Gasteiger partial charge on any atom is 0.407 e. The molecule has 1 amide bonds. The normalized spacial score (nSPS) is 23.1.